The summed E-state index contributed by atoms with van der Waals surface area (Å²) in [5.74, 6) is 0.910. The zero-order valence-electron chi connectivity index (χ0n) is 21.0. The van der Waals surface area contributed by atoms with Gasteiger partial charge in [-0.25, -0.2) is 4.98 Å². The Labute approximate surface area is 222 Å². The van der Waals surface area contributed by atoms with Crippen LogP contribution >= 0.6 is 12.2 Å². The highest BCUT2D eigenvalue weighted by Crippen LogP contribution is 2.44. The molecule has 0 amide bonds. The molecule has 8 heteroatoms. The SMILES string of the molecule is Cc1cc([C@@H]2[C@@H](c3ccccn3)NC(=S)N2c2ccc(N3CCOCC3)cc2)c(C)n1-c1ccccn1. The third-order valence-electron chi connectivity index (χ3n) is 7.27. The van der Waals surface area contributed by atoms with Crippen molar-refractivity contribution >= 4 is 28.7 Å². The number of benzene rings is 1. The molecule has 0 unspecified atom stereocenters. The smallest absolute Gasteiger partial charge is 0.174 e. The molecule has 7 nitrogen and oxygen atoms in total. The molecular weight excluding hydrogens is 480 g/mol. The molecule has 0 saturated carbocycles. The van der Waals surface area contributed by atoms with Crippen LogP contribution < -0.4 is 15.1 Å². The number of anilines is 2. The van der Waals surface area contributed by atoms with Gasteiger partial charge in [-0.1, -0.05) is 12.1 Å². The van der Waals surface area contributed by atoms with Crippen LogP contribution in [0.2, 0.25) is 0 Å². The molecule has 1 N–H and O–H groups in total. The van der Waals surface area contributed by atoms with Gasteiger partial charge in [0.15, 0.2) is 5.11 Å². The summed E-state index contributed by atoms with van der Waals surface area (Å²) in [4.78, 5) is 13.9. The number of thiocarbonyl (C=S) groups is 1. The second kappa shape index (κ2) is 9.95. The molecule has 188 valence electrons. The van der Waals surface area contributed by atoms with E-state index in [1.54, 1.807) is 0 Å². The van der Waals surface area contributed by atoms with Gasteiger partial charge in [0.1, 0.15) is 5.82 Å². The fourth-order valence-corrected chi connectivity index (χ4v) is 5.87. The lowest BCUT2D eigenvalue weighted by Crippen LogP contribution is -2.36. The van der Waals surface area contributed by atoms with Crippen LogP contribution in [0, 0.1) is 13.8 Å². The second-order valence-corrected chi connectivity index (χ2v) is 9.85. The van der Waals surface area contributed by atoms with Gasteiger partial charge in [-0.3, -0.25) is 4.98 Å². The fraction of sp³-hybridized carbons (Fsp3) is 0.276. The average molecular weight is 511 g/mol. The number of aryl methyl sites for hydroxylation is 1. The van der Waals surface area contributed by atoms with E-state index >= 15 is 0 Å². The summed E-state index contributed by atoms with van der Waals surface area (Å²) >= 11 is 5.95. The van der Waals surface area contributed by atoms with Crippen molar-refractivity contribution in [2.75, 3.05) is 36.1 Å². The maximum absolute atomic E-state index is 5.95. The molecule has 4 aromatic rings. The highest BCUT2D eigenvalue weighted by Gasteiger charge is 2.42. The minimum absolute atomic E-state index is 0.0692. The van der Waals surface area contributed by atoms with Crippen LogP contribution in [0.3, 0.4) is 0 Å². The first-order valence-electron chi connectivity index (χ1n) is 12.7. The Morgan fingerprint density at radius 3 is 2.27 bits per heavy atom. The number of nitrogens with zero attached hydrogens (tertiary/aromatic N) is 5. The van der Waals surface area contributed by atoms with E-state index in [9.17, 15) is 0 Å². The van der Waals surface area contributed by atoms with E-state index < -0.39 is 0 Å². The summed E-state index contributed by atoms with van der Waals surface area (Å²) in [7, 11) is 0. The minimum Gasteiger partial charge on any atom is -0.378 e. The van der Waals surface area contributed by atoms with Crippen molar-refractivity contribution < 1.29 is 4.74 Å². The van der Waals surface area contributed by atoms with Gasteiger partial charge in [0.25, 0.3) is 0 Å². The number of hydrogen-bond acceptors (Lipinski definition) is 5. The van der Waals surface area contributed by atoms with Gasteiger partial charge < -0.3 is 24.4 Å². The molecule has 2 aliphatic rings. The Hall–Kier alpha value is -3.75. The maximum atomic E-state index is 5.95. The van der Waals surface area contributed by atoms with Gasteiger partial charge in [-0.05, 0) is 86.2 Å². The molecule has 37 heavy (non-hydrogen) atoms. The standard InChI is InChI=1S/C29H30N6OS/c1-20-19-24(21(2)34(20)26-8-4-6-14-31-26)28-27(25-7-3-5-13-30-25)32-29(37)35(28)23-11-9-22(10-12-23)33-15-17-36-18-16-33/h3-14,19,27-28H,15-18H2,1-2H3,(H,32,37)/t27-,28-/m1/s1. The number of aromatic nitrogens is 3. The van der Waals surface area contributed by atoms with E-state index in [2.05, 4.69) is 74.9 Å². The van der Waals surface area contributed by atoms with E-state index in [-0.39, 0.29) is 12.1 Å². The first-order valence-corrected chi connectivity index (χ1v) is 13.1. The number of hydrogen-bond donors (Lipinski definition) is 1. The Bertz CT molecular complexity index is 1380. The molecular formula is C29H30N6OS. The second-order valence-electron chi connectivity index (χ2n) is 9.46. The van der Waals surface area contributed by atoms with Gasteiger partial charge in [0.05, 0.1) is 31.0 Å². The lowest BCUT2D eigenvalue weighted by molar-refractivity contribution is 0.122. The fourth-order valence-electron chi connectivity index (χ4n) is 5.52. The molecule has 6 rings (SSSR count). The third kappa shape index (κ3) is 4.36. The first kappa shape index (κ1) is 23.6. The van der Waals surface area contributed by atoms with E-state index in [1.165, 1.54) is 11.3 Å². The van der Waals surface area contributed by atoms with Crippen LogP contribution in [-0.2, 0) is 4.74 Å². The predicted octanol–water partition coefficient (Wildman–Crippen LogP) is 4.90. The number of nitrogens with one attached hydrogen (secondary N) is 1. The number of rotatable bonds is 5. The lowest BCUT2D eigenvalue weighted by atomic mass is 9.96. The highest BCUT2D eigenvalue weighted by molar-refractivity contribution is 7.80. The van der Waals surface area contributed by atoms with Gasteiger partial charge in [0, 0.05) is 48.2 Å². The summed E-state index contributed by atoms with van der Waals surface area (Å²) < 4.78 is 7.74. The number of morpholine rings is 1. The molecule has 0 spiro atoms. The Kier molecular flexibility index (Phi) is 6.36. The van der Waals surface area contributed by atoms with Gasteiger partial charge in [-0.15, -0.1) is 0 Å². The van der Waals surface area contributed by atoms with Crippen molar-refractivity contribution in [2.45, 2.75) is 25.9 Å². The molecule has 2 fully saturated rings. The number of pyridine rings is 2. The zero-order chi connectivity index (χ0) is 25.4. The van der Waals surface area contributed by atoms with Crippen molar-refractivity contribution in [3.63, 3.8) is 0 Å². The molecule has 0 aliphatic carbocycles. The summed E-state index contributed by atoms with van der Waals surface area (Å²) in [6, 6.07) is 22.9. The zero-order valence-corrected chi connectivity index (χ0v) is 21.9. The molecule has 2 atom stereocenters. The topological polar surface area (TPSA) is 58.5 Å². The van der Waals surface area contributed by atoms with Crippen LogP contribution in [-0.4, -0.2) is 46.0 Å². The van der Waals surface area contributed by atoms with Crippen LogP contribution in [0.5, 0.6) is 0 Å². The molecule has 0 radical (unpaired) electrons. The molecule has 1 aromatic carbocycles. The largest absolute Gasteiger partial charge is 0.378 e. The Morgan fingerprint density at radius 2 is 1.59 bits per heavy atom. The summed E-state index contributed by atoms with van der Waals surface area (Å²) in [5.41, 5.74) is 6.69. The highest BCUT2D eigenvalue weighted by atomic mass is 32.1. The van der Waals surface area contributed by atoms with E-state index in [1.807, 2.05) is 42.7 Å². The molecule has 3 aromatic heterocycles. The van der Waals surface area contributed by atoms with Crippen molar-refractivity contribution in [3.8, 4) is 5.82 Å². The monoisotopic (exact) mass is 510 g/mol. The van der Waals surface area contributed by atoms with Gasteiger partial charge in [0.2, 0.25) is 0 Å². The van der Waals surface area contributed by atoms with Crippen molar-refractivity contribution in [2.24, 2.45) is 0 Å². The number of ether oxygens (including phenoxy) is 1. The maximum Gasteiger partial charge on any atom is 0.174 e. The lowest BCUT2D eigenvalue weighted by Gasteiger charge is -2.31. The predicted molar refractivity (Wildman–Crippen MR) is 150 cm³/mol. The molecule has 0 bridgehead atoms. The van der Waals surface area contributed by atoms with E-state index in [0.29, 0.717) is 5.11 Å². The normalized spacial score (nSPS) is 19.8. The quantitative estimate of drug-likeness (QED) is 0.383. The third-order valence-corrected chi connectivity index (χ3v) is 7.58. The Balaban J connectivity index is 1.43. The van der Waals surface area contributed by atoms with Crippen molar-refractivity contribution in [1.82, 2.24) is 19.9 Å². The van der Waals surface area contributed by atoms with Crippen LogP contribution in [0.4, 0.5) is 11.4 Å². The van der Waals surface area contributed by atoms with Crippen LogP contribution in [0.15, 0.2) is 79.1 Å². The first-order chi connectivity index (χ1) is 18.1. The van der Waals surface area contributed by atoms with E-state index in [0.717, 1.165) is 54.9 Å². The van der Waals surface area contributed by atoms with Gasteiger partial charge >= 0.3 is 0 Å². The van der Waals surface area contributed by atoms with Crippen molar-refractivity contribution in [3.05, 3.63) is 102 Å². The molecule has 5 heterocycles. The molecule has 2 aliphatic heterocycles. The Morgan fingerprint density at radius 1 is 0.892 bits per heavy atom. The average Bonchev–Trinajstić information content (AvgIpc) is 3.45. The minimum atomic E-state index is -0.0923. The summed E-state index contributed by atoms with van der Waals surface area (Å²) in [5, 5.41) is 4.28. The van der Waals surface area contributed by atoms with Gasteiger partial charge in [-0.2, -0.15) is 0 Å². The summed E-state index contributed by atoms with van der Waals surface area (Å²) in [6.07, 6.45) is 3.67. The van der Waals surface area contributed by atoms with Crippen molar-refractivity contribution in [1.29, 1.82) is 0 Å². The summed E-state index contributed by atoms with van der Waals surface area (Å²) in [6.45, 7) is 7.64. The van der Waals surface area contributed by atoms with Crippen LogP contribution in [0.25, 0.3) is 5.82 Å². The van der Waals surface area contributed by atoms with Crippen LogP contribution in [0.1, 0.15) is 34.7 Å². The molecule has 2 saturated heterocycles. The van der Waals surface area contributed by atoms with E-state index in [4.69, 9.17) is 21.9 Å².